The smallest absolute Gasteiger partial charge is 0.318 e. The Morgan fingerprint density at radius 1 is 1.13 bits per heavy atom. The molecule has 31 heavy (non-hydrogen) atoms. The minimum absolute atomic E-state index is 0.00600. The monoisotopic (exact) mass is 423 g/mol. The second-order valence-corrected chi connectivity index (χ2v) is 8.48. The molecule has 0 aromatic heterocycles. The van der Waals surface area contributed by atoms with Crippen LogP contribution in [0.15, 0.2) is 48.5 Å². The van der Waals surface area contributed by atoms with Crippen molar-refractivity contribution in [2.45, 2.75) is 37.9 Å². The first-order valence-corrected chi connectivity index (χ1v) is 10.6. The van der Waals surface area contributed by atoms with E-state index in [2.05, 4.69) is 29.6 Å². The van der Waals surface area contributed by atoms with Gasteiger partial charge in [-0.1, -0.05) is 36.4 Å². The first-order chi connectivity index (χ1) is 14.9. The molecule has 0 aliphatic carbocycles. The van der Waals surface area contributed by atoms with Crippen molar-refractivity contribution in [2.75, 3.05) is 26.8 Å². The number of hydrogen-bond acceptors (Lipinski definition) is 4. The van der Waals surface area contributed by atoms with E-state index < -0.39 is 0 Å². The molecule has 3 amide bonds. The highest BCUT2D eigenvalue weighted by atomic mass is 16.5. The average molecular weight is 424 g/mol. The summed E-state index contributed by atoms with van der Waals surface area (Å²) in [6.45, 7) is 4.22. The molecule has 0 unspecified atom stereocenters. The lowest BCUT2D eigenvalue weighted by molar-refractivity contribution is -0.159. The van der Waals surface area contributed by atoms with E-state index in [0.29, 0.717) is 6.54 Å². The number of piperazine rings is 1. The summed E-state index contributed by atoms with van der Waals surface area (Å²) in [6, 6.07) is 15.5. The number of urea groups is 1. The molecule has 164 valence electrons. The van der Waals surface area contributed by atoms with Crippen LogP contribution >= 0.6 is 0 Å². The van der Waals surface area contributed by atoms with Gasteiger partial charge in [0, 0.05) is 18.5 Å². The van der Waals surface area contributed by atoms with Gasteiger partial charge in [-0.3, -0.25) is 4.79 Å². The number of ether oxygens (including phenoxy) is 1. The largest absolute Gasteiger partial charge is 0.497 e. The van der Waals surface area contributed by atoms with Gasteiger partial charge in [-0.25, -0.2) is 4.79 Å². The summed E-state index contributed by atoms with van der Waals surface area (Å²) in [6.07, 6.45) is 0. The van der Waals surface area contributed by atoms with Crippen molar-refractivity contribution in [2.24, 2.45) is 0 Å². The minimum Gasteiger partial charge on any atom is -0.497 e. The molecule has 2 aliphatic heterocycles. The van der Waals surface area contributed by atoms with Crippen LogP contribution in [0.5, 0.6) is 5.75 Å². The number of carbonyl (C=O) groups excluding carboxylic acids is 2. The molecular weight excluding hydrogens is 394 g/mol. The number of carbonyl (C=O) groups is 2. The second-order valence-electron chi connectivity index (χ2n) is 8.48. The lowest BCUT2D eigenvalue weighted by atomic mass is 9.73. The average Bonchev–Trinajstić information content (AvgIpc) is 2.75. The Morgan fingerprint density at radius 2 is 1.74 bits per heavy atom. The maximum Gasteiger partial charge on any atom is 0.318 e. The summed E-state index contributed by atoms with van der Waals surface area (Å²) in [7, 11) is 1.65. The fourth-order valence-electron chi connectivity index (χ4n) is 4.67. The SMILES string of the molecule is COc1ccc(-c2ccc([C@@H]3[C@@H](CO)N4C(=O)CN(C(=O)NC(C)C)C[C@@H]34)cc2)cc1. The molecule has 7 heteroatoms. The van der Waals surface area contributed by atoms with Crippen molar-refractivity contribution in [1.29, 1.82) is 0 Å². The van der Waals surface area contributed by atoms with Crippen molar-refractivity contribution in [3.8, 4) is 16.9 Å². The van der Waals surface area contributed by atoms with Gasteiger partial charge in [0.2, 0.25) is 5.91 Å². The molecule has 0 spiro atoms. The van der Waals surface area contributed by atoms with E-state index in [1.807, 2.05) is 38.1 Å². The van der Waals surface area contributed by atoms with Gasteiger partial charge >= 0.3 is 6.03 Å². The molecule has 2 saturated heterocycles. The Hall–Kier alpha value is -3.06. The molecule has 2 heterocycles. The quantitative estimate of drug-likeness (QED) is 0.774. The van der Waals surface area contributed by atoms with E-state index in [1.54, 1.807) is 16.9 Å². The van der Waals surface area contributed by atoms with Crippen LogP contribution < -0.4 is 10.1 Å². The predicted molar refractivity (Wildman–Crippen MR) is 118 cm³/mol. The summed E-state index contributed by atoms with van der Waals surface area (Å²) >= 11 is 0. The van der Waals surface area contributed by atoms with Gasteiger partial charge in [0.15, 0.2) is 0 Å². The lowest BCUT2D eigenvalue weighted by Gasteiger charge is -2.58. The molecule has 2 N–H and O–H groups in total. The number of hydrogen-bond donors (Lipinski definition) is 2. The second kappa shape index (κ2) is 8.59. The number of rotatable bonds is 5. The van der Waals surface area contributed by atoms with Crippen LogP contribution in [-0.4, -0.2) is 71.8 Å². The maximum atomic E-state index is 12.7. The molecule has 2 aromatic rings. The number of aliphatic hydroxyl groups excluding tert-OH is 1. The molecule has 2 fully saturated rings. The third kappa shape index (κ3) is 3.97. The standard InChI is InChI=1S/C24H29N3O4/c1-15(2)25-24(30)26-12-20-23(21(14-28)27(20)22(29)13-26)18-6-4-16(5-7-18)17-8-10-19(31-3)11-9-17/h4-11,15,20-21,23,28H,12-14H2,1-3H3,(H,25,30)/t20-,21+,23-/m0/s1. The molecule has 0 bridgehead atoms. The number of methoxy groups -OCH3 is 1. The van der Waals surface area contributed by atoms with Crippen LogP contribution in [0.4, 0.5) is 4.79 Å². The Kier molecular flexibility index (Phi) is 5.87. The summed E-state index contributed by atoms with van der Waals surface area (Å²) in [5, 5.41) is 12.8. The van der Waals surface area contributed by atoms with E-state index in [9.17, 15) is 14.7 Å². The number of fused-ring (bicyclic) bond motifs is 1. The van der Waals surface area contributed by atoms with Gasteiger partial charge in [0.25, 0.3) is 0 Å². The number of amides is 3. The Bertz CT molecular complexity index is 942. The molecule has 0 saturated carbocycles. The van der Waals surface area contributed by atoms with Crippen molar-refractivity contribution in [3.05, 3.63) is 54.1 Å². The molecule has 3 atom stereocenters. The zero-order chi connectivity index (χ0) is 22.1. The van der Waals surface area contributed by atoms with Gasteiger partial charge in [0.05, 0.1) is 25.8 Å². The molecule has 2 aromatic carbocycles. The molecule has 0 radical (unpaired) electrons. The zero-order valence-electron chi connectivity index (χ0n) is 18.1. The molecule has 7 nitrogen and oxygen atoms in total. The van der Waals surface area contributed by atoms with Gasteiger partial charge < -0.3 is 25.0 Å². The molecular formula is C24H29N3O4. The first-order valence-electron chi connectivity index (χ1n) is 10.6. The van der Waals surface area contributed by atoms with Crippen molar-refractivity contribution >= 4 is 11.9 Å². The predicted octanol–water partition coefficient (Wildman–Crippen LogP) is 2.45. The van der Waals surface area contributed by atoms with Crippen LogP contribution in [0, 0.1) is 0 Å². The third-order valence-corrected chi connectivity index (χ3v) is 6.17. The Labute approximate surface area is 182 Å². The van der Waals surface area contributed by atoms with Crippen molar-refractivity contribution in [1.82, 2.24) is 15.1 Å². The van der Waals surface area contributed by atoms with Gasteiger partial charge in [0.1, 0.15) is 12.3 Å². The number of nitrogens with zero attached hydrogens (tertiary/aromatic N) is 2. The summed E-state index contributed by atoms with van der Waals surface area (Å²) in [5.41, 5.74) is 3.24. The van der Waals surface area contributed by atoms with Crippen molar-refractivity contribution < 1.29 is 19.4 Å². The fourth-order valence-corrected chi connectivity index (χ4v) is 4.67. The highest BCUT2D eigenvalue weighted by molar-refractivity contribution is 5.87. The number of nitrogens with one attached hydrogen (secondary N) is 1. The van der Waals surface area contributed by atoms with Crippen LogP contribution in [0.25, 0.3) is 11.1 Å². The zero-order valence-corrected chi connectivity index (χ0v) is 18.1. The first kappa shape index (κ1) is 21.2. The third-order valence-electron chi connectivity index (χ3n) is 6.17. The minimum atomic E-state index is -0.250. The van der Waals surface area contributed by atoms with Crippen LogP contribution in [0.2, 0.25) is 0 Å². The van der Waals surface area contributed by atoms with Crippen molar-refractivity contribution in [3.63, 3.8) is 0 Å². The van der Waals surface area contributed by atoms with Gasteiger partial charge in [-0.15, -0.1) is 0 Å². The summed E-state index contributed by atoms with van der Waals surface area (Å²) in [4.78, 5) is 28.5. The summed E-state index contributed by atoms with van der Waals surface area (Å²) < 4.78 is 5.22. The Balaban J connectivity index is 1.53. The van der Waals surface area contributed by atoms with Crippen LogP contribution in [0.3, 0.4) is 0 Å². The molecule has 2 aliphatic rings. The van der Waals surface area contributed by atoms with Crippen LogP contribution in [0.1, 0.15) is 25.3 Å². The van der Waals surface area contributed by atoms with E-state index in [1.165, 1.54) is 0 Å². The van der Waals surface area contributed by atoms with E-state index in [-0.39, 0.29) is 49.1 Å². The highest BCUT2D eigenvalue weighted by Crippen LogP contribution is 2.43. The normalized spacial score (nSPS) is 22.7. The van der Waals surface area contributed by atoms with Crippen LogP contribution in [-0.2, 0) is 4.79 Å². The number of benzene rings is 2. The van der Waals surface area contributed by atoms with E-state index >= 15 is 0 Å². The Morgan fingerprint density at radius 3 is 2.29 bits per heavy atom. The molecule has 4 rings (SSSR count). The van der Waals surface area contributed by atoms with Gasteiger partial charge in [-0.2, -0.15) is 0 Å². The van der Waals surface area contributed by atoms with E-state index in [4.69, 9.17) is 4.74 Å². The fraction of sp³-hybridized carbons (Fsp3) is 0.417. The van der Waals surface area contributed by atoms with Gasteiger partial charge in [-0.05, 0) is 42.7 Å². The highest BCUT2D eigenvalue weighted by Gasteiger charge is 2.54. The lowest BCUT2D eigenvalue weighted by Crippen LogP contribution is -2.74. The van der Waals surface area contributed by atoms with E-state index in [0.717, 1.165) is 22.4 Å². The topological polar surface area (TPSA) is 82.1 Å². The summed E-state index contributed by atoms with van der Waals surface area (Å²) in [5.74, 6) is 0.697. The maximum absolute atomic E-state index is 12.7. The number of aliphatic hydroxyl groups is 1.